The van der Waals surface area contributed by atoms with E-state index in [1.165, 1.54) is 80.6 Å². The van der Waals surface area contributed by atoms with Gasteiger partial charge in [0.2, 0.25) is 5.95 Å². The third-order valence-corrected chi connectivity index (χ3v) is 13.3. The molecule has 14 rings (SSSR count). The molecule has 8 aromatic carbocycles. The van der Waals surface area contributed by atoms with Gasteiger partial charge in [0, 0.05) is 58.6 Å². The summed E-state index contributed by atoms with van der Waals surface area (Å²) in [5.74, 6) is 1.56. The van der Waals surface area contributed by atoms with Crippen LogP contribution in [0, 0.1) is 0 Å². The lowest BCUT2D eigenvalue weighted by Crippen LogP contribution is -2.06. The van der Waals surface area contributed by atoms with Gasteiger partial charge in [-0.2, -0.15) is 4.98 Å². The molecular weight excluding hydrogens is 703 g/mol. The van der Waals surface area contributed by atoms with Gasteiger partial charge in [0.05, 0.1) is 48.8 Å². The largest absolute Gasteiger partial charge is 0.307 e. The molecule has 0 radical (unpaired) electrons. The molecule has 0 aliphatic heterocycles. The molecule has 0 saturated heterocycles. The first-order valence-corrected chi connectivity index (χ1v) is 19.8. The van der Waals surface area contributed by atoms with E-state index in [0.717, 1.165) is 38.0 Å². The van der Waals surface area contributed by atoms with Crippen molar-refractivity contribution in [1.29, 1.82) is 0 Å². The van der Waals surface area contributed by atoms with Crippen molar-refractivity contribution in [2.75, 3.05) is 0 Å². The maximum absolute atomic E-state index is 5.72. The van der Waals surface area contributed by atoms with E-state index in [1.807, 2.05) is 0 Å². The van der Waals surface area contributed by atoms with Gasteiger partial charge in [-0.1, -0.05) is 127 Å². The number of rotatable bonds is 2. The van der Waals surface area contributed by atoms with Gasteiger partial charge in [-0.25, -0.2) is 4.98 Å². The van der Waals surface area contributed by atoms with Crippen molar-refractivity contribution in [1.82, 2.24) is 23.5 Å². The van der Waals surface area contributed by atoms with Gasteiger partial charge in [0.1, 0.15) is 0 Å². The predicted molar refractivity (Wildman–Crippen MR) is 236 cm³/mol. The maximum Gasteiger partial charge on any atom is 0.237 e. The number of para-hydroxylation sites is 4. The van der Waals surface area contributed by atoms with Crippen LogP contribution in [0.4, 0.5) is 0 Å². The fourth-order valence-electron chi connectivity index (χ4n) is 9.93. The van der Waals surface area contributed by atoms with Crippen LogP contribution in [0.15, 0.2) is 164 Å². The SMILES string of the molecule is c1ccc2c(c1)ccc1c3c4c(cc5c6ccccc6n(c21)c53)c1ccccc1n4-c1nc(-n2c3ccccc3c3ccccc32)nc2c1sc1ccccc12. The summed E-state index contributed by atoms with van der Waals surface area (Å²) in [6.07, 6.45) is 0. The van der Waals surface area contributed by atoms with E-state index in [2.05, 4.69) is 177 Å². The first-order chi connectivity index (χ1) is 27.8. The van der Waals surface area contributed by atoms with Crippen LogP contribution in [0.25, 0.3) is 125 Å². The molecule has 0 fully saturated rings. The van der Waals surface area contributed by atoms with E-state index < -0.39 is 0 Å². The molecule has 0 atom stereocenters. The highest BCUT2D eigenvalue weighted by atomic mass is 32.1. The van der Waals surface area contributed by atoms with E-state index >= 15 is 0 Å². The van der Waals surface area contributed by atoms with Crippen molar-refractivity contribution in [3.05, 3.63) is 164 Å². The van der Waals surface area contributed by atoms with Crippen LogP contribution in [0.5, 0.6) is 0 Å². The minimum Gasteiger partial charge on any atom is -0.307 e. The smallest absolute Gasteiger partial charge is 0.237 e. The van der Waals surface area contributed by atoms with Crippen LogP contribution >= 0.6 is 11.3 Å². The molecule has 0 bridgehead atoms. The number of hydrogen-bond donors (Lipinski definition) is 0. The standard InChI is InChI=1S/C50H27N5S/c1-2-14-29-28(13-1)25-26-35-43-46-36(32-17-5-10-22-40(32)54(46)45(29)35)27-37-33-18-6-11-23-41(33)55(47(37)43)49-48-44(34-19-7-12-24-42(34)56-48)51-50(52-49)53-38-20-8-3-15-30(38)31-16-4-9-21-39(31)53/h1-27H. The first kappa shape index (κ1) is 29.1. The summed E-state index contributed by atoms with van der Waals surface area (Å²) < 4.78 is 9.51. The molecule has 0 aliphatic carbocycles. The molecule has 0 N–H and O–H groups in total. The molecule has 56 heavy (non-hydrogen) atoms. The summed E-state index contributed by atoms with van der Waals surface area (Å²) in [6.45, 7) is 0. The Kier molecular flexibility index (Phi) is 5.34. The Morgan fingerprint density at radius 3 is 1.68 bits per heavy atom. The number of nitrogens with zero attached hydrogens (tertiary/aromatic N) is 5. The van der Waals surface area contributed by atoms with E-state index in [9.17, 15) is 0 Å². The van der Waals surface area contributed by atoms with Crippen molar-refractivity contribution < 1.29 is 0 Å². The third-order valence-electron chi connectivity index (χ3n) is 12.2. The minimum atomic E-state index is 0.664. The fraction of sp³-hybridized carbons (Fsp3) is 0. The molecule has 258 valence electrons. The summed E-state index contributed by atoms with van der Waals surface area (Å²) in [4.78, 5) is 11.2. The molecule has 0 saturated carbocycles. The summed E-state index contributed by atoms with van der Waals surface area (Å²) in [7, 11) is 0. The highest BCUT2D eigenvalue weighted by Gasteiger charge is 2.28. The van der Waals surface area contributed by atoms with Crippen molar-refractivity contribution >= 4 is 124 Å². The zero-order chi connectivity index (χ0) is 36.2. The normalized spacial score (nSPS) is 12.6. The molecule has 0 unspecified atom stereocenters. The maximum atomic E-state index is 5.72. The molecule has 6 heteroatoms. The van der Waals surface area contributed by atoms with Crippen molar-refractivity contribution in [2.24, 2.45) is 0 Å². The number of hydrogen-bond acceptors (Lipinski definition) is 3. The Hall–Kier alpha value is -7.28. The van der Waals surface area contributed by atoms with Crippen LogP contribution in [-0.4, -0.2) is 23.5 Å². The van der Waals surface area contributed by atoms with Crippen molar-refractivity contribution in [3.8, 4) is 11.8 Å². The number of thiophene rings is 1. The topological polar surface area (TPSA) is 40.0 Å². The monoisotopic (exact) mass is 729 g/mol. The number of fused-ring (bicyclic) bond motifs is 18. The van der Waals surface area contributed by atoms with Crippen molar-refractivity contribution in [2.45, 2.75) is 0 Å². The minimum absolute atomic E-state index is 0.664. The predicted octanol–water partition coefficient (Wildman–Crippen LogP) is 13.3. The molecule has 14 aromatic rings. The van der Waals surface area contributed by atoms with Gasteiger partial charge in [-0.3, -0.25) is 9.13 Å². The number of aromatic nitrogens is 5. The summed E-state index contributed by atoms with van der Waals surface area (Å²) in [5, 5.41) is 13.5. The quantitative estimate of drug-likeness (QED) is 0.178. The lowest BCUT2D eigenvalue weighted by molar-refractivity contribution is 0.977. The molecule has 6 heterocycles. The van der Waals surface area contributed by atoms with Crippen LogP contribution < -0.4 is 0 Å². The van der Waals surface area contributed by atoms with E-state index in [-0.39, 0.29) is 0 Å². The van der Waals surface area contributed by atoms with Gasteiger partial charge >= 0.3 is 0 Å². The molecular formula is C50H27N5S. The second-order valence-electron chi connectivity index (χ2n) is 14.9. The van der Waals surface area contributed by atoms with Crippen LogP contribution in [-0.2, 0) is 0 Å². The van der Waals surface area contributed by atoms with Gasteiger partial charge in [0.25, 0.3) is 0 Å². The van der Waals surface area contributed by atoms with Crippen LogP contribution in [0.2, 0.25) is 0 Å². The average molecular weight is 730 g/mol. The lowest BCUT2D eigenvalue weighted by atomic mass is 10.0. The van der Waals surface area contributed by atoms with Gasteiger partial charge < -0.3 is 4.40 Å². The van der Waals surface area contributed by atoms with Crippen LogP contribution in [0.1, 0.15) is 0 Å². The van der Waals surface area contributed by atoms with E-state index in [1.54, 1.807) is 11.3 Å². The summed E-state index contributed by atoms with van der Waals surface area (Å²) >= 11 is 1.78. The lowest BCUT2D eigenvalue weighted by Gasteiger charge is -2.13. The highest BCUT2D eigenvalue weighted by molar-refractivity contribution is 7.26. The Morgan fingerprint density at radius 2 is 0.946 bits per heavy atom. The van der Waals surface area contributed by atoms with E-state index in [0.29, 0.717) is 5.95 Å². The zero-order valence-electron chi connectivity index (χ0n) is 29.7. The summed E-state index contributed by atoms with van der Waals surface area (Å²) in [5.41, 5.74) is 9.16. The van der Waals surface area contributed by atoms with Crippen LogP contribution in [0.3, 0.4) is 0 Å². The average Bonchev–Trinajstić information content (AvgIpc) is 4.05. The van der Waals surface area contributed by atoms with Gasteiger partial charge in [-0.05, 0) is 41.8 Å². The summed E-state index contributed by atoms with van der Waals surface area (Å²) in [6, 6.07) is 59.5. The molecule has 5 nitrogen and oxygen atoms in total. The molecule has 0 amide bonds. The Morgan fingerprint density at radius 1 is 0.393 bits per heavy atom. The second-order valence-corrected chi connectivity index (χ2v) is 16.0. The van der Waals surface area contributed by atoms with Crippen molar-refractivity contribution in [3.63, 3.8) is 0 Å². The van der Waals surface area contributed by atoms with E-state index in [4.69, 9.17) is 9.97 Å². The molecule has 0 spiro atoms. The Labute approximate surface area is 321 Å². The second kappa shape index (κ2) is 10.3. The van der Waals surface area contributed by atoms with Gasteiger partial charge in [-0.15, -0.1) is 11.3 Å². The Bertz CT molecular complexity index is 3960. The van der Waals surface area contributed by atoms with Gasteiger partial charge in [0.15, 0.2) is 5.82 Å². The Balaban J connectivity index is 1.24. The third kappa shape index (κ3) is 3.47. The molecule has 6 aromatic heterocycles. The highest BCUT2D eigenvalue weighted by Crippen LogP contribution is 2.49. The first-order valence-electron chi connectivity index (χ1n) is 19.0. The molecule has 0 aliphatic rings. The number of benzene rings is 8. The fourth-order valence-corrected chi connectivity index (χ4v) is 11.1. The zero-order valence-corrected chi connectivity index (χ0v) is 30.5.